The molecule has 2 rings (SSSR count). The first-order valence-electron chi connectivity index (χ1n) is 5.79. The van der Waals surface area contributed by atoms with E-state index in [2.05, 4.69) is 41.8 Å². The summed E-state index contributed by atoms with van der Waals surface area (Å²) < 4.78 is 0. The number of nitrogens with zero attached hydrogens (tertiary/aromatic N) is 2. The van der Waals surface area contributed by atoms with E-state index >= 15 is 0 Å². The minimum absolute atomic E-state index is 0.142. The van der Waals surface area contributed by atoms with Gasteiger partial charge in [-0.1, -0.05) is 20.8 Å². The molecule has 0 radical (unpaired) electrons. The SMILES string of the molecule is CCNC(c1cscn1)c1nc(C(C)C)cs1. The summed E-state index contributed by atoms with van der Waals surface area (Å²) in [7, 11) is 0. The summed E-state index contributed by atoms with van der Waals surface area (Å²) in [5.41, 5.74) is 4.11. The Morgan fingerprint density at radius 2 is 2.12 bits per heavy atom. The van der Waals surface area contributed by atoms with Gasteiger partial charge < -0.3 is 5.32 Å². The Labute approximate surface area is 110 Å². The maximum absolute atomic E-state index is 4.71. The zero-order chi connectivity index (χ0) is 12.3. The minimum atomic E-state index is 0.142. The van der Waals surface area contributed by atoms with Crippen molar-refractivity contribution in [3.05, 3.63) is 32.7 Å². The van der Waals surface area contributed by atoms with Gasteiger partial charge in [0.05, 0.1) is 16.9 Å². The van der Waals surface area contributed by atoms with Gasteiger partial charge in [-0.05, 0) is 12.5 Å². The Morgan fingerprint density at radius 1 is 1.29 bits per heavy atom. The summed E-state index contributed by atoms with van der Waals surface area (Å²) in [5.74, 6) is 0.484. The molecule has 1 atom stereocenters. The monoisotopic (exact) mass is 267 g/mol. The summed E-state index contributed by atoms with van der Waals surface area (Å²) >= 11 is 3.34. The minimum Gasteiger partial charge on any atom is -0.303 e. The maximum Gasteiger partial charge on any atom is 0.116 e. The predicted molar refractivity (Wildman–Crippen MR) is 73.8 cm³/mol. The third kappa shape index (κ3) is 2.91. The van der Waals surface area contributed by atoms with Crippen LogP contribution in [0.15, 0.2) is 16.3 Å². The normalized spacial score (nSPS) is 13.2. The fourth-order valence-electron chi connectivity index (χ4n) is 1.59. The Kier molecular flexibility index (Phi) is 4.25. The molecule has 0 bridgehead atoms. The van der Waals surface area contributed by atoms with Crippen LogP contribution in [0.2, 0.25) is 0 Å². The quantitative estimate of drug-likeness (QED) is 0.902. The first-order chi connectivity index (χ1) is 8.22. The van der Waals surface area contributed by atoms with Gasteiger partial charge in [0.15, 0.2) is 0 Å². The van der Waals surface area contributed by atoms with Crippen LogP contribution in [-0.2, 0) is 0 Å². The average Bonchev–Trinajstić information content (AvgIpc) is 2.97. The van der Waals surface area contributed by atoms with Crippen molar-refractivity contribution >= 4 is 22.7 Å². The predicted octanol–water partition coefficient (Wildman–Crippen LogP) is 3.42. The van der Waals surface area contributed by atoms with Crippen molar-refractivity contribution in [1.29, 1.82) is 0 Å². The standard InChI is InChI=1S/C12H17N3S2/c1-4-13-11(10-5-16-7-14-10)12-15-9(6-17-12)8(2)3/h5-8,11,13H,4H2,1-3H3. The molecule has 1 N–H and O–H groups in total. The highest BCUT2D eigenvalue weighted by Crippen LogP contribution is 2.27. The highest BCUT2D eigenvalue weighted by Gasteiger charge is 2.19. The summed E-state index contributed by atoms with van der Waals surface area (Å²) in [6, 6.07) is 0.142. The van der Waals surface area contributed by atoms with E-state index in [-0.39, 0.29) is 6.04 Å². The molecular weight excluding hydrogens is 250 g/mol. The van der Waals surface area contributed by atoms with E-state index in [0.29, 0.717) is 5.92 Å². The molecule has 0 spiro atoms. The molecule has 0 amide bonds. The third-order valence-electron chi connectivity index (χ3n) is 2.53. The van der Waals surface area contributed by atoms with Crippen molar-refractivity contribution in [3.63, 3.8) is 0 Å². The van der Waals surface area contributed by atoms with Crippen molar-refractivity contribution in [1.82, 2.24) is 15.3 Å². The van der Waals surface area contributed by atoms with Gasteiger partial charge in [0, 0.05) is 10.8 Å². The molecule has 92 valence electrons. The zero-order valence-electron chi connectivity index (χ0n) is 10.3. The zero-order valence-corrected chi connectivity index (χ0v) is 11.9. The number of thiazole rings is 2. The molecule has 17 heavy (non-hydrogen) atoms. The molecule has 2 aromatic rings. The molecule has 0 aliphatic heterocycles. The second-order valence-electron chi connectivity index (χ2n) is 4.17. The van der Waals surface area contributed by atoms with Crippen LogP contribution in [0.5, 0.6) is 0 Å². The van der Waals surface area contributed by atoms with E-state index < -0.39 is 0 Å². The number of nitrogens with one attached hydrogen (secondary N) is 1. The number of aromatic nitrogens is 2. The summed E-state index contributed by atoms with van der Waals surface area (Å²) in [6.45, 7) is 7.36. The van der Waals surface area contributed by atoms with Crippen LogP contribution < -0.4 is 5.32 Å². The Morgan fingerprint density at radius 3 is 2.65 bits per heavy atom. The topological polar surface area (TPSA) is 37.8 Å². The first kappa shape index (κ1) is 12.7. The molecule has 0 fully saturated rings. The van der Waals surface area contributed by atoms with E-state index in [1.807, 2.05) is 5.51 Å². The van der Waals surface area contributed by atoms with E-state index in [1.165, 1.54) is 5.69 Å². The van der Waals surface area contributed by atoms with Gasteiger partial charge in [0.25, 0.3) is 0 Å². The molecule has 0 aromatic carbocycles. The van der Waals surface area contributed by atoms with Crippen molar-refractivity contribution in [2.75, 3.05) is 6.54 Å². The van der Waals surface area contributed by atoms with E-state index in [4.69, 9.17) is 4.98 Å². The molecule has 2 heterocycles. The molecule has 1 unspecified atom stereocenters. The highest BCUT2D eigenvalue weighted by atomic mass is 32.1. The molecule has 0 aliphatic carbocycles. The van der Waals surface area contributed by atoms with Crippen LogP contribution >= 0.6 is 22.7 Å². The Bertz CT molecular complexity index is 448. The number of rotatable bonds is 5. The average molecular weight is 267 g/mol. The van der Waals surface area contributed by atoms with Gasteiger partial charge in [-0.3, -0.25) is 0 Å². The van der Waals surface area contributed by atoms with Gasteiger partial charge in [0.2, 0.25) is 0 Å². The lowest BCUT2D eigenvalue weighted by molar-refractivity contribution is 0.612. The van der Waals surface area contributed by atoms with Gasteiger partial charge >= 0.3 is 0 Å². The van der Waals surface area contributed by atoms with Gasteiger partial charge in [-0.25, -0.2) is 9.97 Å². The van der Waals surface area contributed by atoms with Crippen LogP contribution in [0.3, 0.4) is 0 Å². The van der Waals surface area contributed by atoms with E-state index in [1.54, 1.807) is 22.7 Å². The lowest BCUT2D eigenvalue weighted by Gasteiger charge is -2.12. The largest absolute Gasteiger partial charge is 0.303 e. The van der Waals surface area contributed by atoms with Gasteiger partial charge in [0.1, 0.15) is 11.0 Å². The Hall–Kier alpha value is -0.780. The summed E-state index contributed by atoms with van der Waals surface area (Å²) in [5, 5.41) is 8.79. The van der Waals surface area contributed by atoms with Gasteiger partial charge in [-0.15, -0.1) is 22.7 Å². The van der Waals surface area contributed by atoms with Crippen molar-refractivity contribution in [2.24, 2.45) is 0 Å². The second kappa shape index (κ2) is 5.71. The number of hydrogen-bond donors (Lipinski definition) is 1. The number of hydrogen-bond acceptors (Lipinski definition) is 5. The third-order valence-corrected chi connectivity index (χ3v) is 4.07. The fraction of sp³-hybridized carbons (Fsp3) is 0.500. The fourth-order valence-corrected chi connectivity index (χ4v) is 3.23. The summed E-state index contributed by atoms with van der Waals surface area (Å²) in [6.07, 6.45) is 0. The molecule has 5 heteroatoms. The van der Waals surface area contributed by atoms with E-state index in [9.17, 15) is 0 Å². The summed E-state index contributed by atoms with van der Waals surface area (Å²) in [4.78, 5) is 9.09. The highest BCUT2D eigenvalue weighted by molar-refractivity contribution is 7.10. The lowest BCUT2D eigenvalue weighted by Crippen LogP contribution is -2.22. The van der Waals surface area contributed by atoms with E-state index in [0.717, 1.165) is 17.2 Å². The smallest absolute Gasteiger partial charge is 0.116 e. The van der Waals surface area contributed by atoms with Crippen LogP contribution in [0, 0.1) is 0 Å². The van der Waals surface area contributed by atoms with Gasteiger partial charge in [-0.2, -0.15) is 0 Å². The lowest BCUT2D eigenvalue weighted by atomic mass is 10.1. The van der Waals surface area contributed by atoms with Crippen LogP contribution in [0.4, 0.5) is 0 Å². The van der Waals surface area contributed by atoms with Crippen molar-refractivity contribution < 1.29 is 0 Å². The molecule has 2 aromatic heterocycles. The molecule has 0 saturated heterocycles. The Balaban J connectivity index is 2.26. The maximum atomic E-state index is 4.71. The van der Waals surface area contributed by atoms with Crippen LogP contribution in [0.25, 0.3) is 0 Å². The van der Waals surface area contributed by atoms with Crippen LogP contribution in [-0.4, -0.2) is 16.5 Å². The van der Waals surface area contributed by atoms with Crippen molar-refractivity contribution in [2.45, 2.75) is 32.7 Å². The molecule has 0 aliphatic rings. The van der Waals surface area contributed by atoms with Crippen molar-refractivity contribution in [3.8, 4) is 0 Å². The molecule has 3 nitrogen and oxygen atoms in total. The molecule has 0 saturated carbocycles. The van der Waals surface area contributed by atoms with Crippen LogP contribution in [0.1, 0.15) is 49.1 Å². The second-order valence-corrected chi connectivity index (χ2v) is 5.78. The first-order valence-corrected chi connectivity index (χ1v) is 7.61. The molecular formula is C12H17N3S2.